The average molecular weight is 229 g/mol. The molecule has 1 unspecified atom stereocenters. The zero-order chi connectivity index (χ0) is 12.0. The molecule has 0 radical (unpaired) electrons. The first-order valence-corrected chi connectivity index (χ1v) is 5.43. The lowest BCUT2D eigenvalue weighted by Gasteiger charge is -2.07. The molecule has 0 aliphatic carbocycles. The Bertz CT molecular complexity index is 329. The molecule has 0 fully saturated rings. The Morgan fingerprint density at radius 2 is 2.12 bits per heavy atom. The van der Waals surface area contributed by atoms with Gasteiger partial charge in [0.1, 0.15) is 0 Å². The first-order valence-electron chi connectivity index (χ1n) is 5.43. The van der Waals surface area contributed by atoms with E-state index in [1.54, 1.807) is 13.0 Å². The van der Waals surface area contributed by atoms with Crippen molar-refractivity contribution in [2.75, 3.05) is 6.54 Å². The fourth-order valence-electron chi connectivity index (χ4n) is 1.43. The standard InChI is InChI=1S/C12H17F2NO/c1-9(16)4-3-7-15-8-10-5-2-6-11(13)12(10)14/h2,5-6,9,15-16H,3-4,7-8H2,1H3. The Balaban J connectivity index is 2.29. The molecule has 0 spiro atoms. The van der Waals surface area contributed by atoms with Crippen LogP contribution in [0.25, 0.3) is 0 Å². The van der Waals surface area contributed by atoms with Crippen molar-refractivity contribution >= 4 is 0 Å². The third-order valence-electron chi connectivity index (χ3n) is 2.32. The lowest BCUT2D eigenvalue weighted by Crippen LogP contribution is -2.17. The zero-order valence-electron chi connectivity index (χ0n) is 9.34. The molecule has 1 atom stereocenters. The first kappa shape index (κ1) is 13.1. The van der Waals surface area contributed by atoms with Gasteiger partial charge in [-0.15, -0.1) is 0 Å². The van der Waals surface area contributed by atoms with E-state index in [9.17, 15) is 8.78 Å². The van der Waals surface area contributed by atoms with E-state index < -0.39 is 11.6 Å². The van der Waals surface area contributed by atoms with Crippen LogP contribution in [0.5, 0.6) is 0 Å². The second kappa shape index (κ2) is 6.55. The van der Waals surface area contributed by atoms with E-state index in [4.69, 9.17) is 5.11 Å². The molecule has 0 saturated carbocycles. The minimum absolute atomic E-state index is 0.309. The highest BCUT2D eigenvalue weighted by atomic mass is 19.2. The summed E-state index contributed by atoms with van der Waals surface area (Å²) in [6.45, 7) is 2.72. The van der Waals surface area contributed by atoms with Crippen molar-refractivity contribution in [2.45, 2.75) is 32.4 Å². The van der Waals surface area contributed by atoms with E-state index in [2.05, 4.69) is 5.32 Å². The van der Waals surface area contributed by atoms with Gasteiger partial charge in [-0.05, 0) is 32.4 Å². The molecule has 0 aliphatic rings. The molecule has 1 rings (SSSR count). The normalized spacial score (nSPS) is 12.8. The largest absolute Gasteiger partial charge is 0.393 e. The Hall–Kier alpha value is -1.00. The van der Waals surface area contributed by atoms with Crippen molar-refractivity contribution in [2.24, 2.45) is 0 Å². The quantitative estimate of drug-likeness (QED) is 0.733. The molecule has 0 amide bonds. The van der Waals surface area contributed by atoms with Gasteiger partial charge in [-0.3, -0.25) is 0 Å². The summed E-state index contributed by atoms with van der Waals surface area (Å²) in [5.74, 6) is -1.60. The van der Waals surface area contributed by atoms with Crippen LogP contribution in [0.15, 0.2) is 18.2 Å². The molecule has 0 aliphatic heterocycles. The van der Waals surface area contributed by atoms with E-state index >= 15 is 0 Å². The highest BCUT2D eigenvalue weighted by molar-refractivity contribution is 5.18. The van der Waals surface area contributed by atoms with Crippen LogP contribution in [-0.4, -0.2) is 17.8 Å². The molecule has 0 bridgehead atoms. The van der Waals surface area contributed by atoms with Crippen molar-refractivity contribution in [3.05, 3.63) is 35.4 Å². The highest BCUT2D eigenvalue weighted by Crippen LogP contribution is 2.10. The molecule has 0 heterocycles. The van der Waals surface area contributed by atoms with Crippen molar-refractivity contribution in [3.8, 4) is 0 Å². The van der Waals surface area contributed by atoms with Crippen LogP contribution in [-0.2, 0) is 6.54 Å². The monoisotopic (exact) mass is 229 g/mol. The minimum atomic E-state index is -0.816. The summed E-state index contributed by atoms with van der Waals surface area (Å²) in [6.07, 6.45) is 1.21. The summed E-state index contributed by atoms with van der Waals surface area (Å²) in [4.78, 5) is 0. The molecular formula is C12H17F2NO. The molecule has 90 valence electrons. The van der Waals surface area contributed by atoms with Crippen LogP contribution in [0.3, 0.4) is 0 Å². The molecule has 0 aromatic heterocycles. The molecule has 0 saturated heterocycles. The van der Waals surface area contributed by atoms with Crippen LogP contribution < -0.4 is 5.32 Å². The average Bonchev–Trinajstić information content (AvgIpc) is 2.23. The lowest BCUT2D eigenvalue weighted by atomic mass is 10.2. The van der Waals surface area contributed by atoms with Gasteiger partial charge in [0, 0.05) is 12.1 Å². The van der Waals surface area contributed by atoms with E-state index in [0.717, 1.165) is 12.5 Å². The number of aliphatic hydroxyl groups excluding tert-OH is 1. The summed E-state index contributed by atoms with van der Waals surface area (Å²) in [5.41, 5.74) is 0.331. The number of hydrogen-bond acceptors (Lipinski definition) is 2. The van der Waals surface area contributed by atoms with Crippen LogP contribution in [0, 0.1) is 11.6 Å². The number of benzene rings is 1. The Morgan fingerprint density at radius 3 is 2.81 bits per heavy atom. The number of hydrogen-bond donors (Lipinski definition) is 2. The molecule has 1 aromatic rings. The van der Waals surface area contributed by atoms with Crippen molar-refractivity contribution in [1.29, 1.82) is 0 Å². The van der Waals surface area contributed by atoms with Crippen LogP contribution >= 0.6 is 0 Å². The Morgan fingerprint density at radius 1 is 1.38 bits per heavy atom. The molecule has 16 heavy (non-hydrogen) atoms. The van der Waals surface area contributed by atoms with Gasteiger partial charge in [0.15, 0.2) is 11.6 Å². The smallest absolute Gasteiger partial charge is 0.163 e. The number of aliphatic hydroxyl groups is 1. The van der Waals surface area contributed by atoms with E-state index in [0.29, 0.717) is 25.1 Å². The summed E-state index contributed by atoms with van der Waals surface area (Å²) >= 11 is 0. The molecule has 4 heteroatoms. The van der Waals surface area contributed by atoms with E-state index in [-0.39, 0.29) is 6.10 Å². The maximum atomic E-state index is 13.2. The number of halogens is 2. The predicted octanol–water partition coefficient (Wildman–Crippen LogP) is 2.22. The molecule has 1 aromatic carbocycles. The fourth-order valence-corrected chi connectivity index (χ4v) is 1.43. The van der Waals surface area contributed by atoms with Crippen molar-refractivity contribution < 1.29 is 13.9 Å². The number of rotatable bonds is 6. The number of nitrogens with one attached hydrogen (secondary N) is 1. The highest BCUT2D eigenvalue weighted by Gasteiger charge is 2.06. The van der Waals surface area contributed by atoms with Gasteiger partial charge >= 0.3 is 0 Å². The molecular weight excluding hydrogens is 212 g/mol. The maximum absolute atomic E-state index is 13.2. The zero-order valence-corrected chi connectivity index (χ0v) is 9.34. The Kier molecular flexibility index (Phi) is 5.35. The maximum Gasteiger partial charge on any atom is 0.163 e. The summed E-state index contributed by atoms with van der Waals surface area (Å²) in [5, 5.41) is 12.0. The van der Waals surface area contributed by atoms with Gasteiger partial charge in [0.05, 0.1) is 6.10 Å². The van der Waals surface area contributed by atoms with Gasteiger partial charge < -0.3 is 10.4 Å². The topological polar surface area (TPSA) is 32.3 Å². The van der Waals surface area contributed by atoms with Gasteiger partial charge in [-0.25, -0.2) is 8.78 Å². The second-order valence-electron chi connectivity index (χ2n) is 3.88. The third-order valence-corrected chi connectivity index (χ3v) is 2.32. The van der Waals surface area contributed by atoms with Gasteiger partial charge in [-0.1, -0.05) is 12.1 Å². The Labute approximate surface area is 94.3 Å². The molecule has 2 nitrogen and oxygen atoms in total. The van der Waals surface area contributed by atoms with Gasteiger partial charge in [-0.2, -0.15) is 0 Å². The van der Waals surface area contributed by atoms with Crippen LogP contribution in [0.1, 0.15) is 25.3 Å². The van der Waals surface area contributed by atoms with Crippen molar-refractivity contribution in [1.82, 2.24) is 5.32 Å². The summed E-state index contributed by atoms with van der Waals surface area (Å²) < 4.78 is 26.0. The molecule has 2 N–H and O–H groups in total. The lowest BCUT2D eigenvalue weighted by molar-refractivity contribution is 0.181. The van der Waals surface area contributed by atoms with E-state index in [1.807, 2.05) is 0 Å². The summed E-state index contributed by atoms with van der Waals surface area (Å²) in [7, 11) is 0. The van der Waals surface area contributed by atoms with Crippen molar-refractivity contribution in [3.63, 3.8) is 0 Å². The predicted molar refractivity (Wildman–Crippen MR) is 59.0 cm³/mol. The van der Waals surface area contributed by atoms with Crippen LogP contribution in [0.4, 0.5) is 8.78 Å². The summed E-state index contributed by atoms with van der Waals surface area (Å²) in [6, 6.07) is 4.15. The van der Waals surface area contributed by atoms with Crippen LogP contribution in [0.2, 0.25) is 0 Å². The third kappa shape index (κ3) is 4.24. The minimum Gasteiger partial charge on any atom is -0.393 e. The fraction of sp³-hybridized carbons (Fsp3) is 0.500. The first-order chi connectivity index (χ1) is 7.61. The SMILES string of the molecule is CC(O)CCCNCc1cccc(F)c1F. The van der Waals surface area contributed by atoms with Gasteiger partial charge in [0.25, 0.3) is 0 Å². The van der Waals surface area contributed by atoms with Gasteiger partial charge in [0.2, 0.25) is 0 Å². The van der Waals surface area contributed by atoms with E-state index in [1.165, 1.54) is 6.07 Å². The second-order valence-corrected chi connectivity index (χ2v) is 3.88.